The summed E-state index contributed by atoms with van der Waals surface area (Å²) in [6.07, 6.45) is 6.69. The van der Waals surface area contributed by atoms with E-state index in [4.69, 9.17) is 4.74 Å². The zero-order valence-electron chi connectivity index (χ0n) is 14.9. The van der Waals surface area contributed by atoms with E-state index in [-0.39, 0.29) is 17.7 Å². The number of amides is 2. The van der Waals surface area contributed by atoms with Crippen molar-refractivity contribution in [2.24, 2.45) is 5.92 Å². The maximum Gasteiger partial charge on any atom is 0.255 e. The molecule has 3 heterocycles. The quantitative estimate of drug-likeness (QED) is 0.838. The van der Waals surface area contributed by atoms with Crippen LogP contribution in [-0.4, -0.2) is 48.1 Å². The van der Waals surface area contributed by atoms with Gasteiger partial charge in [0.15, 0.2) is 0 Å². The van der Waals surface area contributed by atoms with E-state index in [0.29, 0.717) is 30.3 Å². The third kappa shape index (κ3) is 4.22. The van der Waals surface area contributed by atoms with Crippen LogP contribution in [0.3, 0.4) is 0 Å². The highest BCUT2D eigenvalue weighted by molar-refractivity contribution is 6.06. The molecule has 0 spiro atoms. The molecule has 1 aliphatic carbocycles. The van der Waals surface area contributed by atoms with Gasteiger partial charge in [0.2, 0.25) is 5.91 Å². The van der Waals surface area contributed by atoms with Gasteiger partial charge in [-0.05, 0) is 31.0 Å². The Labute approximate surface area is 156 Å². The monoisotopic (exact) mass is 367 g/mol. The van der Waals surface area contributed by atoms with Gasteiger partial charge < -0.3 is 20.3 Å². The van der Waals surface area contributed by atoms with Crippen LogP contribution in [0.5, 0.6) is 0 Å². The number of nitrogens with zero attached hydrogens (tertiary/aromatic N) is 3. The molecule has 2 aromatic heterocycles. The zero-order chi connectivity index (χ0) is 18.6. The minimum absolute atomic E-state index is 0.0399. The normalized spacial score (nSPS) is 16.7. The molecule has 2 aromatic rings. The number of carbonyl (C=O) groups excluding carboxylic acids is 2. The topological polar surface area (TPSA) is 96.5 Å². The summed E-state index contributed by atoms with van der Waals surface area (Å²) in [6.45, 7) is 2.84. The molecule has 8 nitrogen and oxygen atoms in total. The molecule has 0 radical (unpaired) electrons. The first-order valence-electron chi connectivity index (χ1n) is 9.06. The molecule has 1 saturated carbocycles. The number of ether oxygens (including phenoxy) is 1. The number of pyridine rings is 2. The fourth-order valence-corrected chi connectivity index (χ4v) is 2.97. The van der Waals surface area contributed by atoms with E-state index in [1.807, 2.05) is 6.07 Å². The fraction of sp³-hybridized carbons (Fsp3) is 0.368. The second-order valence-corrected chi connectivity index (χ2v) is 6.64. The van der Waals surface area contributed by atoms with Crippen LogP contribution in [-0.2, 0) is 9.53 Å². The Morgan fingerprint density at radius 1 is 1.11 bits per heavy atom. The van der Waals surface area contributed by atoms with Gasteiger partial charge in [-0.1, -0.05) is 0 Å². The van der Waals surface area contributed by atoms with Crippen molar-refractivity contribution >= 4 is 29.0 Å². The van der Waals surface area contributed by atoms with Gasteiger partial charge in [-0.3, -0.25) is 14.6 Å². The molecule has 2 amide bonds. The highest BCUT2D eigenvalue weighted by Gasteiger charge is 2.29. The first-order valence-corrected chi connectivity index (χ1v) is 9.06. The largest absolute Gasteiger partial charge is 0.378 e. The van der Waals surface area contributed by atoms with Crippen LogP contribution in [0.1, 0.15) is 23.2 Å². The number of hydrogen-bond donors (Lipinski definition) is 2. The molecule has 0 bridgehead atoms. The molecule has 8 heteroatoms. The van der Waals surface area contributed by atoms with Crippen molar-refractivity contribution in [3.05, 3.63) is 42.4 Å². The van der Waals surface area contributed by atoms with Crippen LogP contribution < -0.4 is 15.5 Å². The molecule has 4 rings (SSSR count). The summed E-state index contributed by atoms with van der Waals surface area (Å²) in [7, 11) is 0. The summed E-state index contributed by atoms with van der Waals surface area (Å²) in [5, 5.41) is 5.68. The van der Waals surface area contributed by atoms with Gasteiger partial charge in [0.25, 0.3) is 5.91 Å². The second kappa shape index (κ2) is 7.71. The Kier molecular flexibility index (Phi) is 4.97. The molecule has 0 aromatic carbocycles. The summed E-state index contributed by atoms with van der Waals surface area (Å²) >= 11 is 0. The first kappa shape index (κ1) is 17.4. The van der Waals surface area contributed by atoms with Gasteiger partial charge in [0.1, 0.15) is 5.82 Å². The smallest absolute Gasteiger partial charge is 0.255 e. The van der Waals surface area contributed by atoms with Gasteiger partial charge in [0, 0.05) is 37.0 Å². The fourth-order valence-electron chi connectivity index (χ4n) is 2.97. The van der Waals surface area contributed by atoms with E-state index in [1.165, 1.54) is 6.20 Å². The van der Waals surface area contributed by atoms with Crippen molar-refractivity contribution in [2.75, 3.05) is 41.8 Å². The minimum Gasteiger partial charge on any atom is -0.378 e. The van der Waals surface area contributed by atoms with Crippen molar-refractivity contribution in [1.82, 2.24) is 9.97 Å². The minimum atomic E-state index is -0.276. The standard InChI is InChI=1S/C19H21N5O3/c25-18(13-1-2-13)23-17-11-14(3-6-21-17)19(26)22-15-12-20-5-4-16(15)24-7-9-27-10-8-24/h3-6,11-13H,1-2,7-10H2,(H,22,26)(H,21,23,25). The lowest BCUT2D eigenvalue weighted by Gasteiger charge is -2.30. The van der Waals surface area contributed by atoms with Crippen LogP contribution in [0.2, 0.25) is 0 Å². The molecule has 1 saturated heterocycles. The summed E-state index contributed by atoms with van der Waals surface area (Å²) in [6, 6.07) is 5.09. The van der Waals surface area contributed by atoms with Crippen LogP contribution in [0, 0.1) is 5.92 Å². The van der Waals surface area contributed by atoms with Crippen molar-refractivity contribution in [2.45, 2.75) is 12.8 Å². The molecular formula is C19H21N5O3. The van der Waals surface area contributed by atoms with Gasteiger partial charge in [-0.25, -0.2) is 4.98 Å². The number of morpholine rings is 1. The van der Waals surface area contributed by atoms with Crippen LogP contribution >= 0.6 is 0 Å². The number of anilines is 3. The second-order valence-electron chi connectivity index (χ2n) is 6.64. The Bertz CT molecular complexity index is 847. The van der Waals surface area contributed by atoms with Crippen LogP contribution in [0.25, 0.3) is 0 Å². The molecule has 2 N–H and O–H groups in total. The molecule has 2 aliphatic rings. The Morgan fingerprint density at radius 2 is 1.93 bits per heavy atom. The maximum atomic E-state index is 12.7. The number of hydrogen-bond acceptors (Lipinski definition) is 6. The number of nitrogens with one attached hydrogen (secondary N) is 2. The zero-order valence-corrected chi connectivity index (χ0v) is 14.9. The van der Waals surface area contributed by atoms with Gasteiger partial charge in [-0.15, -0.1) is 0 Å². The predicted octanol–water partition coefficient (Wildman–Crippen LogP) is 1.91. The lowest BCUT2D eigenvalue weighted by Crippen LogP contribution is -2.36. The first-order chi connectivity index (χ1) is 13.2. The van der Waals surface area contributed by atoms with Crippen LogP contribution in [0.4, 0.5) is 17.2 Å². The lowest BCUT2D eigenvalue weighted by molar-refractivity contribution is -0.117. The van der Waals surface area contributed by atoms with Gasteiger partial charge in [-0.2, -0.15) is 0 Å². The van der Waals surface area contributed by atoms with Crippen LogP contribution in [0.15, 0.2) is 36.8 Å². The third-order valence-electron chi connectivity index (χ3n) is 4.62. The number of rotatable bonds is 5. The van der Waals surface area contributed by atoms with E-state index in [9.17, 15) is 9.59 Å². The Balaban J connectivity index is 1.48. The summed E-state index contributed by atoms with van der Waals surface area (Å²) in [5.41, 5.74) is 1.98. The SMILES string of the molecule is O=C(Nc1cnccc1N1CCOCC1)c1ccnc(NC(=O)C2CC2)c1. The van der Waals surface area contributed by atoms with Crippen molar-refractivity contribution in [3.8, 4) is 0 Å². The highest BCUT2D eigenvalue weighted by Crippen LogP contribution is 2.30. The molecule has 27 heavy (non-hydrogen) atoms. The Hall–Kier alpha value is -3.00. The molecule has 2 fully saturated rings. The molecule has 1 aliphatic heterocycles. The highest BCUT2D eigenvalue weighted by atomic mass is 16.5. The molecule has 140 valence electrons. The van der Waals surface area contributed by atoms with Crippen molar-refractivity contribution in [1.29, 1.82) is 0 Å². The summed E-state index contributed by atoms with van der Waals surface area (Å²) in [5.74, 6) is 0.152. The van der Waals surface area contributed by atoms with E-state index in [0.717, 1.165) is 31.6 Å². The average Bonchev–Trinajstić information content (AvgIpc) is 3.55. The maximum absolute atomic E-state index is 12.7. The summed E-state index contributed by atoms with van der Waals surface area (Å²) < 4.78 is 5.39. The predicted molar refractivity (Wildman–Crippen MR) is 101 cm³/mol. The van der Waals surface area contributed by atoms with E-state index >= 15 is 0 Å². The van der Waals surface area contributed by atoms with E-state index < -0.39 is 0 Å². The molecule has 0 unspecified atom stereocenters. The van der Waals surface area contributed by atoms with Gasteiger partial charge in [0.05, 0.1) is 30.8 Å². The Morgan fingerprint density at radius 3 is 2.70 bits per heavy atom. The lowest BCUT2D eigenvalue weighted by atomic mass is 10.2. The van der Waals surface area contributed by atoms with E-state index in [1.54, 1.807) is 24.5 Å². The van der Waals surface area contributed by atoms with Crippen molar-refractivity contribution < 1.29 is 14.3 Å². The van der Waals surface area contributed by atoms with Crippen molar-refractivity contribution in [3.63, 3.8) is 0 Å². The molecular weight excluding hydrogens is 346 g/mol. The average molecular weight is 367 g/mol. The third-order valence-corrected chi connectivity index (χ3v) is 4.62. The van der Waals surface area contributed by atoms with E-state index in [2.05, 4.69) is 25.5 Å². The molecule has 0 atom stereocenters. The summed E-state index contributed by atoms with van der Waals surface area (Å²) in [4.78, 5) is 35.0. The number of carbonyl (C=O) groups is 2. The number of aromatic nitrogens is 2. The van der Waals surface area contributed by atoms with Gasteiger partial charge >= 0.3 is 0 Å².